The second kappa shape index (κ2) is 5.60. The van der Waals surface area contributed by atoms with Crippen molar-refractivity contribution >= 4 is 29.0 Å². The highest BCUT2D eigenvalue weighted by Crippen LogP contribution is 2.43. The third-order valence-corrected chi connectivity index (χ3v) is 7.08. The number of carbonyl (C=O) groups excluding carboxylic acids is 1. The Bertz CT molecular complexity index is 504. The zero-order valence-corrected chi connectivity index (χ0v) is 13.8. The summed E-state index contributed by atoms with van der Waals surface area (Å²) in [6.45, 7) is 0. The van der Waals surface area contributed by atoms with E-state index in [4.69, 9.17) is 0 Å². The van der Waals surface area contributed by atoms with E-state index < -0.39 is 0 Å². The Morgan fingerprint density at radius 1 is 1.29 bits per heavy atom. The smallest absolute Gasteiger partial charge is 0.244 e. The molecular weight excluding hydrogens is 300 g/mol. The molecule has 3 aliphatic rings. The van der Waals surface area contributed by atoms with Crippen LogP contribution in [0.3, 0.4) is 0 Å². The van der Waals surface area contributed by atoms with Gasteiger partial charge in [0.15, 0.2) is 0 Å². The van der Waals surface area contributed by atoms with Gasteiger partial charge in [-0.2, -0.15) is 23.1 Å². The van der Waals surface area contributed by atoms with Crippen LogP contribution < -0.4 is 5.32 Å². The Balaban J connectivity index is 1.67. The Labute approximate surface area is 134 Å². The van der Waals surface area contributed by atoms with Crippen molar-refractivity contribution in [2.45, 2.75) is 56.3 Å². The lowest BCUT2D eigenvalue weighted by Gasteiger charge is -2.34. The van der Waals surface area contributed by atoms with Crippen molar-refractivity contribution in [2.24, 2.45) is 0 Å². The molecule has 1 aromatic rings. The van der Waals surface area contributed by atoms with Gasteiger partial charge in [-0.3, -0.25) is 10.1 Å². The molecule has 1 spiro atoms. The van der Waals surface area contributed by atoms with Crippen molar-refractivity contribution in [3.05, 3.63) is 22.4 Å². The summed E-state index contributed by atoms with van der Waals surface area (Å²) in [4.78, 5) is 15.4. The second-order valence-electron chi connectivity index (χ2n) is 6.48. The molecule has 1 saturated carbocycles. The van der Waals surface area contributed by atoms with E-state index in [0.29, 0.717) is 11.9 Å². The van der Waals surface area contributed by atoms with Crippen molar-refractivity contribution in [3.8, 4) is 0 Å². The molecule has 114 valence electrons. The molecule has 4 rings (SSSR count). The zero-order valence-electron chi connectivity index (χ0n) is 12.2. The summed E-state index contributed by atoms with van der Waals surface area (Å²) in [7, 11) is 0. The van der Waals surface area contributed by atoms with Gasteiger partial charge in [0.1, 0.15) is 6.17 Å². The summed E-state index contributed by atoms with van der Waals surface area (Å²) < 4.78 is 0. The first-order chi connectivity index (χ1) is 10.3. The first kappa shape index (κ1) is 14.1. The van der Waals surface area contributed by atoms with Crippen molar-refractivity contribution < 1.29 is 4.79 Å². The maximum absolute atomic E-state index is 13.2. The summed E-state index contributed by atoms with van der Waals surface area (Å²) >= 11 is 3.73. The third kappa shape index (κ3) is 2.34. The van der Waals surface area contributed by atoms with Crippen LogP contribution in [0.25, 0.3) is 0 Å². The molecule has 1 N–H and O–H groups in total. The predicted molar refractivity (Wildman–Crippen MR) is 88.6 cm³/mol. The van der Waals surface area contributed by atoms with Crippen molar-refractivity contribution in [1.82, 2.24) is 10.2 Å². The number of thioether (sulfide) groups is 1. The fourth-order valence-corrected chi connectivity index (χ4v) is 5.90. The van der Waals surface area contributed by atoms with Gasteiger partial charge in [-0.15, -0.1) is 0 Å². The second-order valence-corrected chi connectivity index (χ2v) is 8.41. The molecule has 0 radical (unpaired) electrons. The van der Waals surface area contributed by atoms with Crippen molar-refractivity contribution in [1.29, 1.82) is 0 Å². The van der Waals surface area contributed by atoms with E-state index in [-0.39, 0.29) is 11.7 Å². The molecule has 1 aromatic heterocycles. The minimum Gasteiger partial charge on any atom is -0.317 e. The summed E-state index contributed by atoms with van der Waals surface area (Å²) in [6, 6.07) is 2.58. The number of carbonyl (C=O) groups is 1. The number of hydrogen-bond donors (Lipinski definition) is 1. The molecule has 2 aliphatic heterocycles. The lowest BCUT2D eigenvalue weighted by atomic mass is 9.97. The van der Waals surface area contributed by atoms with Gasteiger partial charge in [-0.1, -0.05) is 12.8 Å². The largest absolute Gasteiger partial charge is 0.317 e. The van der Waals surface area contributed by atoms with Crippen LogP contribution in [0.15, 0.2) is 16.8 Å². The SMILES string of the molecule is O=C1N(C2CCCSC2)C(c2ccsc2)NC12CCCC2. The van der Waals surface area contributed by atoms with E-state index in [0.717, 1.165) is 25.0 Å². The van der Waals surface area contributed by atoms with Crippen LogP contribution in [0.5, 0.6) is 0 Å². The number of thiophene rings is 1. The Hall–Kier alpha value is -0.520. The summed E-state index contributed by atoms with van der Waals surface area (Å²) in [5, 5.41) is 8.06. The van der Waals surface area contributed by atoms with E-state index in [1.54, 1.807) is 11.3 Å². The van der Waals surface area contributed by atoms with Gasteiger partial charge in [-0.05, 0) is 53.8 Å². The highest BCUT2D eigenvalue weighted by molar-refractivity contribution is 7.99. The van der Waals surface area contributed by atoms with Crippen LogP contribution in [-0.2, 0) is 4.79 Å². The van der Waals surface area contributed by atoms with Crippen LogP contribution >= 0.6 is 23.1 Å². The third-order valence-electron chi connectivity index (χ3n) is 5.18. The van der Waals surface area contributed by atoms with Crippen LogP contribution in [0.1, 0.15) is 50.3 Å². The number of amides is 1. The Kier molecular flexibility index (Phi) is 3.76. The molecular formula is C16H22N2OS2. The van der Waals surface area contributed by atoms with E-state index >= 15 is 0 Å². The van der Waals surface area contributed by atoms with Gasteiger partial charge in [0.25, 0.3) is 0 Å². The molecule has 0 aromatic carbocycles. The van der Waals surface area contributed by atoms with Crippen LogP contribution in [-0.4, -0.2) is 33.9 Å². The summed E-state index contributed by atoms with van der Waals surface area (Å²) in [5.41, 5.74) is 1.02. The molecule has 3 nitrogen and oxygen atoms in total. The predicted octanol–water partition coefficient (Wildman–Crippen LogP) is 3.39. The van der Waals surface area contributed by atoms with Crippen LogP contribution in [0.4, 0.5) is 0 Å². The maximum Gasteiger partial charge on any atom is 0.244 e. The first-order valence-corrected chi connectivity index (χ1v) is 10.1. The number of nitrogens with one attached hydrogen (secondary N) is 1. The molecule has 3 fully saturated rings. The van der Waals surface area contributed by atoms with E-state index in [1.807, 2.05) is 11.8 Å². The normalized spacial score (nSPS) is 32.2. The van der Waals surface area contributed by atoms with Crippen LogP contribution in [0, 0.1) is 0 Å². The highest BCUT2D eigenvalue weighted by atomic mass is 32.2. The molecule has 3 heterocycles. The zero-order chi connectivity index (χ0) is 14.3. The molecule has 5 heteroatoms. The highest BCUT2D eigenvalue weighted by Gasteiger charge is 2.54. The monoisotopic (exact) mass is 322 g/mol. The molecule has 21 heavy (non-hydrogen) atoms. The molecule has 2 atom stereocenters. The summed E-state index contributed by atoms with van der Waals surface area (Å²) in [6.07, 6.45) is 6.90. The quantitative estimate of drug-likeness (QED) is 0.906. The van der Waals surface area contributed by atoms with E-state index in [2.05, 4.69) is 27.0 Å². The first-order valence-electron chi connectivity index (χ1n) is 8.00. The summed E-state index contributed by atoms with van der Waals surface area (Å²) in [5.74, 6) is 2.73. The number of rotatable bonds is 2. The molecule has 1 amide bonds. The van der Waals surface area contributed by atoms with Gasteiger partial charge >= 0.3 is 0 Å². The number of nitrogens with zero attached hydrogens (tertiary/aromatic N) is 1. The van der Waals surface area contributed by atoms with E-state index in [1.165, 1.54) is 30.6 Å². The minimum atomic E-state index is -0.255. The van der Waals surface area contributed by atoms with Gasteiger partial charge in [0.2, 0.25) is 5.91 Å². The standard InChI is InChI=1S/C16H22N2OS2/c19-15-16(6-1-2-7-16)17-14(12-5-9-21-10-12)18(15)13-4-3-8-20-11-13/h5,9-10,13-14,17H,1-4,6-8,11H2. The molecule has 2 saturated heterocycles. The lowest BCUT2D eigenvalue weighted by Crippen LogP contribution is -2.46. The number of hydrogen-bond acceptors (Lipinski definition) is 4. The Morgan fingerprint density at radius 3 is 2.81 bits per heavy atom. The molecule has 1 aliphatic carbocycles. The van der Waals surface area contributed by atoms with E-state index in [9.17, 15) is 4.79 Å². The van der Waals surface area contributed by atoms with Gasteiger partial charge in [0.05, 0.1) is 5.54 Å². The van der Waals surface area contributed by atoms with Gasteiger partial charge in [-0.25, -0.2) is 0 Å². The molecule has 2 unspecified atom stereocenters. The fraction of sp³-hybridized carbons (Fsp3) is 0.688. The van der Waals surface area contributed by atoms with Gasteiger partial charge in [0, 0.05) is 11.8 Å². The topological polar surface area (TPSA) is 32.3 Å². The average Bonchev–Trinajstić information content (AvgIpc) is 3.24. The maximum atomic E-state index is 13.2. The van der Waals surface area contributed by atoms with Gasteiger partial charge < -0.3 is 4.90 Å². The lowest BCUT2D eigenvalue weighted by molar-refractivity contribution is -0.135. The van der Waals surface area contributed by atoms with Crippen molar-refractivity contribution in [3.63, 3.8) is 0 Å². The molecule has 0 bridgehead atoms. The van der Waals surface area contributed by atoms with Crippen LogP contribution in [0.2, 0.25) is 0 Å². The van der Waals surface area contributed by atoms with Crippen molar-refractivity contribution in [2.75, 3.05) is 11.5 Å². The average molecular weight is 322 g/mol. The fourth-order valence-electron chi connectivity index (χ4n) is 4.09. The Morgan fingerprint density at radius 2 is 2.14 bits per heavy atom. The minimum absolute atomic E-state index is 0.102.